The highest BCUT2D eigenvalue weighted by molar-refractivity contribution is 5.83. The lowest BCUT2D eigenvalue weighted by Crippen LogP contribution is -2.51. The molecule has 0 spiro atoms. The number of esters is 1. The lowest BCUT2D eigenvalue weighted by Gasteiger charge is -2.34. The van der Waals surface area contributed by atoms with Gasteiger partial charge in [0.15, 0.2) is 0 Å². The molecule has 0 aromatic rings. The normalized spacial score (nSPS) is 29.5. The minimum atomic E-state index is -0.544. The van der Waals surface area contributed by atoms with Gasteiger partial charge in [0.05, 0.1) is 6.61 Å². The smallest absolute Gasteiger partial charge is 0.411 e. The zero-order valence-electron chi connectivity index (χ0n) is 12.1. The Morgan fingerprint density at radius 1 is 1.26 bits per heavy atom. The second kappa shape index (κ2) is 5.02. The summed E-state index contributed by atoms with van der Waals surface area (Å²) in [5.41, 5.74) is -0.544. The van der Waals surface area contributed by atoms with Crippen molar-refractivity contribution in [3.63, 3.8) is 0 Å². The molecule has 2 rings (SSSR count). The molecule has 1 saturated heterocycles. The van der Waals surface area contributed by atoms with Crippen molar-refractivity contribution in [3.05, 3.63) is 0 Å². The number of ether oxygens (including phenoxy) is 2. The zero-order chi connectivity index (χ0) is 14.2. The van der Waals surface area contributed by atoms with E-state index in [2.05, 4.69) is 0 Å². The van der Waals surface area contributed by atoms with Crippen molar-refractivity contribution in [3.8, 4) is 0 Å². The molecule has 2 aliphatic rings. The Morgan fingerprint density at radius 3 is 2.53 bits per heavy atom. The molecule has 0 aromatic heterocycles. The van der Waals surface area contributed by atoms with Gasteiger partial charge in [-0.05, 0) is 52.9 Å². The molecule has 0 N–H and O–H groups in total. The van der Waals surface area contributed by atoms with E-state index < -0.39 is 17.7 Å². The first-order valence-corrected chi connectivity index (χ1v) is 7.01. The Kier molecular flexibility index (Phi) is 3.74. The number of likely N-dealkylation sites (tertiary alicyclic amines) is 1. The topological polar surface area (TPSA) is 55.8 Å². The van der Waals surface area contributed by atoms with Crippen molar-refractivity contribution in [1.29, 1.82) is 0 Å². The highest BCUT2D eigenvalue weighted by atomic mass is 16.6. The van der Waals surface area contributed by atoms with Gasteiger partial charge >= 0.3 is 12.1 Å². The van der Waals surface area contributed by atoms with Crippen molar-refractivity contribution in [2.75, 3.05) is 6.61 Å². The van der Waals surface area contributed by atoms with Crippen molar-refractivity contribution in [2.24, 2.45) is 5.92 Å². The van der Waals surface area contributed by atoms with Gasteiger partial charge in [0.2, 0.25) is 0 Å². The predicted octanol–water partition coefficient (Wildman–Crippen LogP) is 2.34. The van der Waals surface area contributed by atoms with Crippen LogP contribution in [-0.2, 0) is 14.3 Å². The first-order valence-electron chi connectivity index (χ1n) is 7.01. The molecule has 0 radical (unpaired) electrons. The Morgan fingerprint density at radius 2 is 1.95 bits per heavy atom. The molecule has 1 heterocycles. The molecule has 5 heteroatoms. The third-order valence-corrected chi connectivity index (χ3v) is 3.72. The number of carbonyl (C=O) groups excluding carboxylic acids is 2. The van der Waals surface area contributed by atoms with E-state index in [1.807, 2.05) is 20.8 Å². The summed E-state index contributed by atoms with van der Waals surface area (Å²) in [6.45, 7) is 7.62. The molecule has 0 aromatic carbocycles. The second-order valence-corrected chi connectivity index (χ2v) is 6.31. The molecule has 1 amide bonds. The number of amides is 1. The van der Waals surface area contributed by atoms with Crippen LogP contribution in [0, 0.1) is 5.92 Å². The van der Waals surface area contributed by atoms with Crippen LogP contribution in [0.15, 0.2) is 0 Å². The maximum absolute atomic E-state index is 12.3. The fraction of sp³-hybridized carbons (Fsp3) is 0.857. The predicted molar refractivity (Wildman–Crippen MR) is 69.6 cm³/mol. The Hall–Kier alpha value is -1.26. The standard InChI is InChI=1S/C14H23NO4/c1-5-18-12(16)11-9-6-7-10(8-9)15(11)13(17)19-14(2,3)4/h9-11H,5-8H2,1-4H3/t9?,10?,11-/m0/s1. The van der Waals surface area contributed by atoms with E-state index in [0.29, 0.717) is 6.61 Å². The van der Waals surface area contributed by atoms with Gasteiger partial charge in [-0.25, -0.2) is 9.59 Å². The van der Waals surface area contributed by atoms with Gasteiger partial charge in [-0.1, -0.05) is 0 Å². The quantitative estimate of drug-likeness (QED) is 0.722. The molecule has 2 unspecified atom stereocenters. The van der Waals surface area contributed by atoms with E-state index in [9.17, 15) is 9.59 Å². The first kappa shape index (κ1) is 14.2. The minimum absolute atomic E-state index is 0.134. The molecule has 5 nitrogen and oxygen atoms in total. The van der Waals surface area contributed by atoms with E-state index in [1.54, 1.807) is 11.8 Å². The van der Waals surface area contributed by atoms with Gasteiger partial charge in [-0.2, -0.15) is 0 Å². The van der Waals surface area contributed by atoms with E-state index in [-0.39, 0.29) is 17.9 Å². The van der Waals surface area contributed by atoms with Crippen molar-refractivity contribution >= 4 is 12.1 Å². The third kappa shape index (κ3) is 2.85. The fourth-order valence-electron chi connectivity index (χ4n) is 3.10. The maximum Gasteiger partial charge on any atom is 0.411 e. The summed E-state index contributed by atoms with van der Waals surface area (Å²) in [6.07, 6.45) is 2.45. The van der Waals surface area contributed by atoms with Crippen LogP contribution in [0.25, 0.3) is 0 Å². The number of piperidine rings is 1. The van der Waals surface area contributed by atoms with Gasteiger partial charge < -0.3 is 9.47 Å². The third-order valence-electron chi connectivity index (χ3n) is 3.72. The first-order chi connectivity index (χ1) is 8.83. The van der Waals surface area contributed by atoms with Crippen LogP contribution >= 0.6 is 0 Å². The Bertz CT molecular complexity index is 374. The van der Waals surface area contributed by atoms with Gasteiger partial charge in [-0.3, -0.25) is 4.90 Å². The molecular formula is C14H23NO4. The van der Waals surface area contributed by atoms with Crippen LogP contribution in [-0.4, -0.2) is 41.3 Å². The van der Waals surface area contributed by atoms with Crippen LogP contribution < -0.4 is 0 Å². The van der Waals surface area contributed by atoms with Gasteiger partial charge in [-0.15, -0.1) is 0 Å². The monoisotopic (exact) mass is 269 g/mol. The molecule has 3 atom stereocenters. The molecule has 1 saturated carbocycles. The lowest BCUT2D eigenvalue weighted by molar-refractivity contribution is -0.151. The maximum atomic E-state index is 12.3. The highest BCUT2D eigenvalue weighted by Gasteiger charge is 2.53. The summed E-state index contributed by atoms with van der Waals surface area (Å²) in [4.78, 5) is 25.9. The summed E-state index contributed by atoms with van der Waals surface area (Å²) in [6, 6.07) is -0.317. The summed E-state index contributed by atoms with van der Waals surface area (Å²) in [7, 11) is 0. The van der Waals surface area contributed by atoms with Crippen LogP contribution in [0.4, 0.5) is 4.79 Å². The van der Waals surface area contributed by atoms with Crippen LogP contribution in [0.3, 0.4) is 0 Å². The largest absolute Gasteiger partial charge is 0.464 e. The van der Waals surface area contributed by atoms with E-state index >= 15 is 0 Å². The summed E-state index contributed by atoms with van der Waals surface area (Å²) < 4.78 is 10.5. The molecule has 2 fully saturated rings. The molecule has 108 valence electrons. The summed E-state index contributed by atoms with van der Waals surface area (Å²) in [5.74, 6) is -0.0582. The van der Waals surface area contributed by atoms with Gasteiger partial charge in [0.25, 0.3) is 0 Å². The number of nitrogens with zero attached hydrogens (tertiary/aromatic N) is 1. The number of hydrogen-bond donors (Lipinski definition) is 0. The number of fused-ring (bicyclic) bond motifs is 2. The molecule has 1 aliphatic heterocycles. The van der Waals surface area contributed by atoms with Crippen molar-refractivity contribution in [2.45, 2.75) is 64.6 Å². The minimum Gasteiger partial charge on any atom is -0.464 e. The average molecular weight is 269 g/mol. The summed E-state index contributed by atoms with van der Waals surface area (Å²) >= 11 is 0. The molecule has 1 aliphatic carbocycles. The van der Waals surface area contributed by atoms with Gasteiger partial charge in [0, 0.05) is 6.04 Å². The lowest BCUT2D eigenvalue weighted by atomic mass is 9.99. The van der Waals surface area contributed by atoms with Crippen LogP contribution in [0.2, 0.25) is 0 Å². The number of rotatable bonds is 2. The van der Waals surface area contributed by atoms with Crippen molar-refractivity contribution < 1.29 is 19.1 Å². The average Bonchev–Trinajstić information content (AvgIpc) is 2.85. The summed E-state index contributed by atoms with van der Waals surface area (Å²) in [5, 5.41) is 0. The Balaban J connectivity index is 2.12. The zero-order valence-corrected chi connectivity index (χ0v) is 12.1. The van der Waals surface area contributed by atoms with Crippen LogP contribution in [0.1, 0.15) is 47.0 Å². The molecular weight excluding hydrogens is 246 g/mol. The fourth-order valence-corrected chi connectivity index (χ4v) is 3.10. The van der Waals surface area contributed by atoms with Gasteiger partial charge in [0.1, 0.15) is 11.6 Å². The Labute approximate surface area is 114 Å². The van der Waals surface area contributed by atoms with Crippen LogP contribution in [0.5, 0.6) is 0 Å². The van der Waals surface area contributed by atoms with E-state index in [0.717, 1.165) is 19.3 Å². The highest BCUT2D eigenvalue weighted by Crippen LogP contribution is 2.43. The van der Waals surface area contributed by atoms with E-state index in [1.165, 1.54) is 0 Å². The van der Waals surface area contributed by atoms with Crippen molar-refractivity contribution in [1.82, 2.24) is 4.90 Å². The molecule has 2 bridgehead atoms. The van der Waals surface area contributed by atoms with E-state index in [4.69, 9.17) is 9.47 Å². The SMILES string of the molecule is CCOC(=O)[C@@H]1C2CCC(C2)N1C(=O)OC(C)(C)C. The second-order valence-electron chi connectivity index (χ2n) is 6.31. The number of hydrogen-bond acceptors (Lipinski definition) is 4. The molecule has 19 heavy (non-hydrogen) atoms. The number of carbonyl (C=O) groups is 2.